The first-order chi connectivity index (χ1) is 9.77. The maximum atomic E-state index is 13.0. The first-order valence-electron chi connectivity index (χ1n) is 6.71. The summed E-state index contributed by atoms with van der Waals surface area (Å²) in [6.45, 7) is 4.74. The van der Waals surface area contributed by atoms with Gasteiger partial charge >= 0.3 is 6.18 Å². The van der Waals surface area contributed by atoms with Gasteiger partial charge in [-0.05, 0) is 18.1 Å². The second-order valence-corrected chi connectivity index (χ2v) is 5.18. The molecule has 1 aromatic carbocycles. The van der Waals surface area contributed by atoms with Crippen LogP contribution in [0.2, 0.25) is 0 Å². The van der Waals surface area contributed by atoms with E-state index in [9.17, 15) is 18.0 Å². The quantitative estimate of drug-likeness (QED) is 0.805. The zero-order valence-corrected chi connectivity index (χ0v) is 12.4. The summed E-state index contributed by atoms with van der Waals surface area (Å²) >= 11 is 0. The van der Waals surface area contributed by atoms with Gasteiger partial charge in [0.05, 0.1) is 17.7 Å². The summed E-state index contributed by atoms with van der Waals surface area (Å²) in [6, 6.07) is 4.86. The van der Waals surface area contributed by atoms with Crippen molar-refractivity contribution in [3.63, 3.8) is 0 Å². The van der Waals surface area contributed by atoms with Gasteiger partial charge in [-0.2, -0.15) is 13.2 Å². The number of methoxy groups -OCH3 is 1. The van der Waals surface area contributed by atoms with Gasteiger partial charge in [0, 0.05) is 20.2 Å². The zero-order valence-electron chi connectivity index (χ0n) is 12.4. The lowest BCUT2D eigenvalue weighted by Gasteiger charge is -2.25. The molecule has 0 aromatic heterocycles. The molecule has 118 valence electrons. The number of hydrogen-bond acceptors (Lipinski definition) is 2. The number of amides is 1. The summed E-state index contributed by atoms with van der Waals surface area (Å²) in [7, 11) is 1.49. The molecule has 0 heterocycles. The molecule has 1 amide bonds. The van der Waals surface area contributed by atoms with Gasteiger partial charge in [0.2, 0.25) is 0 Å². The molecule has 0 aliphatic rings. The fourth-order valence-corrected chi connectivity index (χ4v) is 2.01. The van der Waals surface area contributed by atoms with Gasteiger partial charge in [-0.15, -0.1) is 0 Å². The normalized spacial score (nSPS) is 11.8. The molecule has 0 aliphatic carbocycles. The predicted octanol–water partition coefficient (Wildman–Crippen LogP) is 3.45. The second-order valence-electron chi connectivity index (χ2n) is 5.18. The molecule has 0 atom stereocenters. The van der Waals surface area contributed by atoms with Crippen LogP contribution in [0.15, 0.2) is 24.3 Å². The molecule has 1 rings (SSSR count). The van der Waals surface area contributed by atoms with E-state index in [0.29, 0.717) is 6.54 Å². The van der Waals surface area contributed by atoms with Crippen LogP contribution in [0, 0.1) is 5.92 Å². The monoisotopic (exact) mass is 303 g/mol. The Labute approximate surface area is 122 Å². The maximum Gasteiger partial charge on any atom is 0.417 e. The van der Waals surface area contributed by atoms with Crippen LogP contribution in [0.4, 0.5) is 13.2 Å². The van der Waals surface area contributed by atoms with Crippen molar-refractivity contribution in [1.82, 2.24) is 4.90 Å². The molecule has 0 saturated heterocycles. The van der Waals surface area contributed by atoms with Gasteiger partial charge in [0.15, 0.2) is 0 Å². The van der Waals surface area contributed by atoms with E-state index < -0.39 is 17.6 Å². The SMILES string of the molecule is COCCN(CC(C)C)C(=O)c1ccccc1C(F)(F)F. The highest BCUT2D eigenvalue weighted by atomic mass is 19.4. The third-order valence-corrected chi connectivity index (χ3v) is 2.90. The molecule has 0 N–H and O–H groups in total. The standard InChI is InChI=1S/C15H20F3NO2/c1-11(2)10-19(8-9-21-3)14(20)12-6-4-5-7-13(12)15(16,17)18/h4-7,11H,8-10H2,1-3H3. The molecule has 0 fully saturated rings. The molecule has 21 heavy (non-hydrogen) atoms. The third kappa shape index (κ3) is 5.04. The molecule has 1 aromatic rings. The van der Waals surface area contributed by atoms with Gasteiger partial charge < -0.3 is 9.64 Å². The average molecular weight is 303 g/mol. The van der Waals surface area contributed by atoms with E-state index in [4.69, 9.17) is 4.74 Å². The molecule has 6 heteroatoms. The first kappa shape index (κ1) is 17.5. The molecular weight excluding hydrogens is 283 g/mol. The van der Waals surface area contributed by atoms with Crippen LogP contribution in [-0.2, 0) is 10.9 Å². The number of alkyl halides is 3. The Hall–Kier alpha value is -1.56. The van der Waals surface area contributed by atoms with Crippen LogP contribution in [0.3, 0.4) is 0 Å². The highest BCUT2D eigenvalue weighted by Gasteiger charge is 2.35. The van der Waals surface area contributed by atoms with Crippen molar-refractivity contribution in [2.45, 2.75) is 20.0 Å². The van der Waals surface area contributed by atoms with E-state index in [1.807, 2.05) is 13.8 Å². The Morgan fingerprint density at radius 2 is 1.90 bits per heavy atom. The number of benzene rings is 1. The zero-order chi connectivity index (χ0) is 16.0. The van der Waals surface area contributed by atoms with E-state index in [0.717, 1.165) is 6.07 Å². The van der Waals surface area contributed by atoms with E-state index >= 15 is 0 Å². The van der Waals surface area contributed by atoms with Gasteiger partial charge in [0.25, 0.3) is 5.91 Å². The topological polar surface area (TPSA) is 29.5 Å². The summed E-state index contributed by atoms with van der Waals surface area (Å²) < 4.78 is 43.9. The van der Waals surface area contributed by atoms with Crippen LogP contribution in [0.25, 0.3) is 0 Å². The summed E-state index contributed by atoms with van der Waals surface area (Å²) in [5.74, 6) is -0.461. The fraction of sp³-hybridized carbons (Fsp3) is 0.533. The van der Waals surface area contributed by atoms with Gasteiger partial charge in [0.1, 0.15) is 0 Å². The van der Waals surface area contributed by atoms with Gasteiger partial charge in [-0.1, -0.05) is 26.0 Å². The Morgan fingerprint density at radius 1 is 1.29 bits per heavy atom. The summed E-state index contributed by atoms with van der Waals surface area (Å²) in [5.41, 5.74) is -1.22. The van der Waals surface area contributed by atoms with Crippen LogP contribution in [0.5, 0.6) is 0 Å². The third-order valence-electron chi connectivity index (χ3n) is 2.90. The van der Waals surface area contributed by atoms with Crippen molar-refractivity contribution in [2.24, 2.45) is 5.92 Å². The van der Waals surface area contributed by atoms with Gasteiger partial charge in [-0.3, -0.25) is 4.79 Å². The Kier molecular flexibility index (Phi) is 6.20. The molecule has 0 bridgehead atoms. The van der Waals surface area contributed by atoms with Crippen LogP contribution >= 0.6 is 0 Å². The van der Waals surface area contributed by atoms with Crippen molar-refractivity contribution in [3.05, 3.63) is 35.4 Å². The largest absolute Gasteiger partial charge is 0.417 e. The number of ether oxygens (including phenoxy) is 1. The molecular formula is C15H20F3NO2. The van der Waals surface area contributed by atoms with E-state index in [-0.39, 0.29) is 24.6 Å². The van der Waals surface area contributed by atoms with Crippen LogP contribution in [0.1, 0.15) is 29.8 Å². The number of rotatable bonds is 6. The highest BCUT2D eigenvalue weighted by Crippen LogP contribution is 2.32. The molecule has 0 aliphatic heterocycles. The number of nitrogens with zero attached hydrogens (tertiary/aromatic N) is 1. The van der Waals surface area contributed by atoms with Crippen molar-refractivity contribution in [3.8, 4) is 0 Å². The molecule has 0 spiro atoms. The fourth-order valence-electron chi connectivity index (χ4n) is 2.01. The lowest BCUT2D eigenvalue weighted by atomic mass is 10.0. The minimum absolute atomic E-state index is 0.156. The summed E-state index contributed by atoms with van der Waals surface area (Å²) in [4.78, 5) is 13.8. The van der Waals surface area contributed by atoms with Crippen LogP contribution in [-0.4, -0.2) is 37.6 Å². The lowest BCUT2D eigenvalue weighted by Crippen LogP contribution is -2.37. The Balaban J connectivity index is 3.08. The minimum Gasteiger partial charge on any atom is -0.383 e. The minimum atomic E-state index is -4.54. The van der Waals surface area contributed by atoms with Crippen molar-refractivity contribution in [1.29, 1.82) is 0 Å². The number of carbonyl (C=O) groups excluding carboxylic acids is 1. The van der Waals surface area contributed by atoms with E-state index in [1.165, 1.54) is 30.2 Å². The lowest BCUT2D eigenvalue weighted by molar-refractivity contribution is -0.138. The summed E-state index contributed by atoms with van der Waals surface area (Å²) in [6.07, 6.45) is -4.54. The number of halogens is 3. The first-order valence-corrected chi connectivity index (χ1v) is 6.71. The van der Waals surface area contributed by atoms with Crippen molar-refractivity contribution < 1.29 is 22.7 Å². The second kappa shape index (κ2) is 7.45. The molecule has 0 saturated carbocycles. The molecule has 3 nitrogen and oxygen atoms in total. The average Bonchev–Trinajstić information content (AvgIpc) is 2.41. The van der Waals surface area contributed by atoms with Crippen molar-refractivity contribution >= 4 is 5.91 Å². The Bertz CT molecular complexity index is 472. The maximum absolute atomic E-state index is 13.0. The molecule has 0 unspecified atom stereocenters. The Morgan fingerprint density at radius 3 is 2.43 bits per heavy atom. The number of carbonyl (C=O) groups is 1. The van der Waals surface area contributed by atoms with Crippen LogP contribution < -0.4 is 0 Å². The van der Waals surface area contributed by atoms with E-state index in [1.54, 1.807) is 0 Å². The number of hydrogen-bond donors (Lipinski definition) is 0. The predicted molar refractivity (Wildman–Crippen MR) is 74.1 cm³/mol. The summed E-state index contributed by atoms with van der Waals surface area (Å²) in [5, 5.41) is 0. The molecule has 0 radical (unpaired) electrons. The smallest absolute Gasteiger partial charge is 0.383 e. The van der Waals surface area contributed by atoms with Crippen molar-refractivity contribution in [2.75, 3.05) is 26.8 Å². The highest BCUT2D eigenvalue weighted by molar-refractivity contribution is 5.96. The van der Waals surface area contributed by atoms with E-state index in [2.05, 4.69) is 0 Å². The van der Waals surface area contributed by atoms with Gasteiger partial charge in [-0.25, -0.2) is 0 Å².